The first-order valence-corrected chi connectivity index (χ1v) is 11.8. The molecule has 15 nitrogen and oxygen atoms in total. The molecule has 3 heterocycles. The summed E-state index contributed by atoms with van der Waals surface area (Å²) in [6, 6.07) is 9.21. The number of pyridine rings is 1. The van der Waals surface area contributed by atoms with Crippen molar-refractivity contribution < 1.29 is 32.3 Å². The lowest BCUT2D eigenvalue weighted by Crippen LogP contribution is -2.42. The summed E-state index contributed by atoms with van der Waals surface area (Å²) in [5.74, 6) is -2.86. The Balaban J connectivity index is 1.73. The Labute approximate surface area is 234 Å². The molecule has 0 radical (unpaired) electrons. The number of nitrogens with zero attached hydrogens (tertiary/aromatic N) is 8. The number of tetrazole rings is 1. The zero-order valence-electron chi connectivity index (χ0n) is 22.0. The number of hydrogen-bond acceptors (Lipinski definition) is 10. The van der Waals surface area contributed by atoms with Gasteiger partial charge in [0, 0.05) is 6.20 Å². The molecule has 0 spiro atoms. The largest absolute Gasteiger partial charge is 0.455 e. The highest BCUT2D eigenvalue weighted by molar-refractivity contribution is 6.09. The maximum Gasteiger partial charge on any atom is 0.455 e. The van der Waals surface area contributed by atoms with E-state index in [4.69, 9.17) is 0 Å². The SMILES string of the molecule is COC(=O)NNC(=O)c1cc(C#N)cc(C)c1NC(=O)c1cc(Cn2nnc(C(F)(F)F)n2)nn1-c1ncccc1C. The highest BCUT2D eigenvalue weighted by Crippen LogP contribution is 2.26. The molecule has 0 saturated heterocycles. The van der Waals surface area contributed by atoms with E-state index in [9.17, 15) is 32.8 Å². The number of aryl methyl sites for hydroxylation is 2. The molecular weight excluding hydrogens is 563 g/mol. The summed E-state index contributed by atoms with van der Waals surface area (Å²) in [4.78, 5) is 42.8. The lowest BCUT2D eigenvalue weighted by atomic mass is 10.0. The molecule has 0 aliphatic carbocycles. The standard InChI is InChI=1S/C24H20F3N11O4/c1-12-5-4-6-29-19(12)38-17(9-15(34-38)11-37-35-22(32-36-37)24(25,26)27)21(40)30-18-13(2)7-14(10-28)8-16(18)20(39)31-33-23(41)42-3/h4-9H,11H2,1-3H3,(H,30,40)(H,31,39)(H,33,41). The van der Waals surface area contributed by atoms with Crippen LogP contribution >= 0.6 is 0 Å². The summed E-state index contributed by atoms with van der Waals surface area (Å²) >= 11 is 0. The molecule has 0 fully saturated rings. The zero-order valence-corrected chi connectivity index (χ0v) is 22.0. The zero-order chi connectivity index (χ0) is 30.6. The van der Waals surface area contributed by atoms with Crippen molar-refractivity contribution in [2.24, 2.45) is 0 Å². The van der Waals surface area contributed by atoms with Gasteiger partial charge in [0.05, 0.1) is 35.7 Å². The van der Waals surface area contributed by atoms with Crippen LogP contribution in [0.15, 0.2) is 36.5 Å². The highest BCUT2D eigenvalue weighted by Gasteiger charge is 2.37. The number of alkyl halides is 3. The maximum atomic E-state index is 13.6. The summed E-state index contributed by atoms with van der Waals surface area (Å²) in [6.45, 7) is 2.88. The first-order valence-electron chi connectivity index (χ1n) is 11.8. The number of ether oxygens (including phenoxy) is 1. The Bertz CT molecular complexity index is 1720. The summed E-state index contributed by atoms with van der Waals surface area (Å²) < 4.78 is 44.4. The molecule has 0 atom stereocenters. The predicted molar refractivity (Wildman–Crippen MR) is 135 cm³/mol. The number of methoxy groups -OCH3 is 1. The number of amides is 3. The van der Waals surface area contributed by atoms with E-state index in [1.54, 1.807) is 26.0 Å². The number of carbonyl (C=O) groups is 3. The van der Waals surface area contributed by atoms with Gasteiger partial charge in [-0.3, -0.25) is 15.0 Å². The molecular formula is C24H20F3N11O4. The molecule has 1 aromatic carbocycles. The minimum absolute atomic E-state index is 0.00275. The van der Waals surface area contributed by atoms with Gasteiger partial charge in [0.2, 0.25) is 0 Å². The van der Waals surface area contributed by atoms with E-state index in [1.165, 1.54) is 29.1 Å². The van der Waals surface area contributed by atoms with Crippen molar-refractivity contribution in [3.8, 4) is 11.9 Å². The lowest BCUT2D eigenvalue weighted by molar-refractivity contribution is -0.145. The van der Waals surface area contributed by atoms with Crippen LogP contribution < -0.4 is 16.2 Å². The number of aromatic nitrogens is 7. The topological polar surface area (TPSA) is 195 Å². The van der Waals surface area contributed by atoms with Crippen LogP contribution in [-0.4, -0.2) is 60.0 Å². The monoisotopic (exact) mass is 583 g/mol. The van der Waals surface area contributed by atoms with Gasteiger partial charge in [-0.05, 0) is 54.5 Å². The van der Waals surface area contributed by atoms with Crippen LogP contribution in [0.3, 0.4) is 0 Å². The van der Waals surface area contributed by atoms with Crippen molar-refractivity contribution in [2.45, 2.75) is 26.6 Å². The number of benzene rings is 1. The molecule has 3 N–H and O–H groups in total. The molecule has 42 heavy (non-hydrogen) atoms. The molecule has 0 unspecified atom stereocenters. The van der Waals surface area contributed by atoms with Crippen LogP contribution in [0.5, 0.6) is 0 Å². The maximum absolute atomic E-state index is 13.6. The van der Waals surface area contributed by atoms with Crippen LogP contribution in [0.2, 0.25) is 0 Å². The van der Waals surface area contributed by atoms with Gasteiger partial charge in [0.1, 0.15) is 12.2 Å². The number of nitriles is 1. The average Bonchev–Trinajstić information content (AvgIpc) is 3.60. The number of carbonyl (C=O) groups excluding carboxylic acids is 3. The quantitative estimate of drug-likeness (QED) is 0.283. The van der Waals surface area contributed by atoms with E-state index in [1.807, 2.05) is 11.5 Å². The van der Waals surface area contributed by atoms with Crippen LogP contribution in [0.25, 0.3) is 5.82 Å². The van der Waals surface area contributed by atoms with Crippen molar-refractivity contribution in [2.75, 3.05) is 12.4 Å². The minimum Gasteiger partial charge on any atom is -0.452 e. The summed E-state index contributed by atoms with van der Waals surface area (Å²) in [6.07, 6.45) is -4.31. The van der Waals surface area contributed by atoms with Crippen molar-refractivity contribution in [1.82, 2.24) is 45.8 Å². The van der Waals surface area contributed by atoms with Crippen molar-refractivity contribution in [3.63, 3.8) is 0 Å². The number of anilines is 1. The lowest BCUT2D eigenvalue weighted by Gasteiger charge is -2.15. The van der Waals surface area contributed by atoms with Crippen molar-refractivity contribution >= 4 is 23.6 Å². The van der Waals surface area contributed by atoms with E-state index in [0.29, 0.717) is 15.9 Å². The molecule has 3 amide bonds. The third-order valence-electron chi connectivity index (χ3n) is 5.60. The Morgan fingerprint density at radius 3 is 2.48 bits per heavy atom. The van der Waals surface area contributed by atoms with Gasteiger partial charge in [0.25, 0.3) is 17.6 Å². The van der Waals surface area contributed by atoms with E-state index in [-0.39, 0.29) is 40.6 Å². The molecule has 4 rings (SSSR count). The van der Waals surface area contributed by atoms with Crippen molar-refractivity contribution in [3.05, 3.63) is 76.0 Å². The third-order valence-corrected chi connectivity index (χ3v) is 5.60. The van der Waals surface area contributed by atoms with Crippen LogP contribution in [0, 0.1) is 25.2 Å². The number of hydrogen-bond donors (Lipinski definition) is 3. The van der Waals surface area contributed by atoms with E-state index >= 15 is 0 Å². The van der Waals surface area contributed by atoms with Crippen LogP contribution in [0.1, 0.15) is 49.1 Å². The predicted octanol–water partition coefficient (Wildman–Crippen LogP) is 2.06. The van der Waals surface area contributed by atoms with Crippen LogP contribution in [-0.2, 0) is 17.5 Å². The molecule has 0 saturated carbocycles. The fraction of sp³-hybridized carbons (Fsp3) is 0.208. The number of rotatable bonds is 6. The summed E-state index contributed by atoms with van der Waals surface area (Å²) in [7, 11) is 1.09. The van der Waals surface area contributed by atoms with Crippen molar-refractivity contribution in [1.29, 1.82) is 5.26 Å². The van der Waals surface area contributed by atoms with E-state index in [2.05, 4.69) is 41.0 Å². The summed E-state index contributed by atoms with van der Waals surface area (Å²) in [5.41, 5.74) is 4.99. The molecule has 216 valence electrons. The normalized spacial score (nSPS) is 11.0. The van der Waals surface area contributed by atoms with Gasteiger partial charge in [-0.15, -0.1) is 10.2 Å². The number of hydrazine groups is 1. The third kappa shape index (κ3) is 6.30. The van der Waals surface area contributed by atoms with Crippen LogP contribution in [0.4, 0.5) is 23.7 Å². The molecule has 4 aromatic rings. The highest BCUT2D eigenvalue weighted by atomic mass is 19.4. The van der Waals surface area contributed by atoms with Gasteiger partial charge in [0.15, 0.2) is 5.82 Å². The van der Waals surface area contributed by atoms with Gasteiger partial charge in [-0.2, -0.15) is 28.3 Å². The number of halogens is 3. The molecule has 3 aromatic heterocycles. The fourth-order valence-corrected chi connectivity index (χ4v) is 3.70. The smallest absolute Gasteiger partial charge is 0.452 e. The molecule has 0 aliphatic rings. The average molecular weight is 583 g/mol. The molecule has 0 bridgehead atoms. The Morgan fingerprint density at radius 2 is 1.83 bits per heavy atom. The Hall–Kier alpha value is -5.86. The minimum atomic E-state index is -4.80. The summed E-state index contributed by atoms with van der Waals surface area (Å²) in [5, 5.41) is 26.0. The van der Waals surface area contributed by atoms with Gasteiger partial charge >= 0.3 is 12.3 Å². The second-order valence-corrected chi connectivity index (χ2v) is 8.57. The van der Waals surface area contributed by atoms with Gasteiger partial charge < -0.3 is 10.1 Å². The first kappa shape index (κ1) is 29.1. The molecule has 0 aliphatic heterocycles. The van der Waals surface area contributed by atoms with Gasteiger partial charge in [-0.25, -0.2) is 19.9 Å². The molecule has 18 heteroatoms. The Morgan fingerprint density at radius 1 is 1.07 bits per heavy atom. The van der Waals surface area contributed by atoms with E-state index in [0.717, 1.165) is 7.11 Å². The second-order valence-electron chi connectivity index (χ2n) is 8.57. The Kier molecular flexibility index (Phi) is 8.12. The first-order chi connectivity index (χ1) is 19.9. The van der Waals surface area contributed by atoms with E-state index < -0.39 is 29.9 Å². The van der Waals surface area contributed by atoms with Gasteiger partial charge in [-0.1, -0.05) is 6.07 Å². The second kappa shape index (κ2) is 11.7. The number of nitrogens with one attached hydrogen (secondary N) is 3. The fourth-order valence-electron chi connectivity index (χ4n) is 3.70.